The van der Waals surface area contributed by atoms with Crippen molar-refractivity contribution in [3.05, 3.63) is 53.2 Å². The second-order valence-corrected chi connectivity index (χ2v) is 8.29. The Labute approximate surface area is 174 Å². The summed E-state index contributed by atoms with van der Waals surface area (Å²) in [5, 5.41) is 3.52. The number of hydrogen-bond acceptors (Lipinski definition) is 5. The summed E-state index contributed by atoms with van der Waals surface area (Å²) >= 11 is 0. The van der Waals surface area contributed by atoms with E-state index in [-0.39, 0.29) is 0 Å². The summed E-state index contributed by atoms with van der Waals surface area (Å²) in [7, 11) is 0. The third kappa shape index (κ3) is 5.28. The van der Waals surface area contributed by atoms with Crippen LogP contribution in [0.2, 0.25) is 0 Å². The topological polar surface area (TPSA) is 44.3 Å². The van der Waals surface area contributed by atoms with E-state index in [4.69, 9.17) is 9.97 Å². The van der Waals surface area contributed by atoms with Gasteiger partial charge in [-0.15, -0.1) is 0 Å². The van der Waals surface area contributed by atoms with E-state index < -0.39 is 0 Å². The molecule has 0 unspecified atom stereocenters. The zero-order valence-electron chi connectivity index (χ0n) is 17.8. The molecule has 2 heterocycles. The molecule has 0 amide bonds. The van der Waals surface area contributed by atoms with Crippen LogP contribution in [0.4, 0.5) is 17.5 Å². The minimum Gasteiger partial charge on any atom is -0.370 e. The molecule has 154 valence electrons. The minimum atomic E-state index is 0.855. The Hall–Kier alpha value is -2.56. The summed E-state index contributed by atoms with van der Waals surface area (Å²) in [6.45, 7) is 9.05. The van der Waals surface area contributed by atoms with Crippen molar-refractivity contribution < 1.29 is 0 Å². The number of hydrogen-bond donors (Lipinski definition) is 1. The Balaban J connectivity index is 1.34. The number of allylic oxidation sites excluding steroid dienone is 1. The van der Waals surface area contributed by atoms with Gasteiger partial charge in [0.1, 0.15) is 5.82 Å². The van der Waals surface area contributed by atoms with Crippen LogP contribution in [0, 0.1) is 13.8 Å². The van der Waals surface area contributed by atoms with Crippen LogP contribution in [0.1, 0.15) is 43.4 Å². The Kier molecular flexibility index (Phi) is 6.33. The molecule has 1 N–H and O–H groups in total. The van der Waals surface area contributed by atoms with Gasteiger partial charge in [0.2, 0.25) is 5.95 Å². The highest BCUT2D eigenvalue weighted by atomic mass is 15.3. The fraction of sp³-hybridized carbons (Fsp3) is 0.500. The van der Waals surface area contributed by atoms with Crippen LogP contribution in [0.25, 0.3) is 0 Å². The average Bonchev–Trinajstić information content (AvgIpc) is 2.74. The van der Waals surface area contributed by atoms with Crippen molar-refractivity contribution in [2.24, 2.45) is 0 Å². The van der Waals surface area contributed by atoms with Crippen molar-refractivity contribution >= 4 is 17.5 Å². The minimum absolute atomic E-state index is 0.855. The lowest BCUT2D eigenvalue weighted by molar-refractivity contribution is 0.639. The molecule has 1 aromatic carbocycles. The molecule has 1 fully saturated rings. The molecule has 0 atom stereocenters. The zero-order valence-corrected chi connectivity index (χ0v) is 17.8. The first kappa shape index (κ1) is 19.7. The van der Waals surface area contributed by atoms with E-state index in [2.05, 4.69) is 65.4 Å². The van der Waals surface area contributed by atoms with Gasteiger partial charge < -0.3 is 15.1 Å². The maximum absolute atomic E-state index is 4.82. The number of anilines is 3. The van der Waals surface area contributed by atoms with Gasteiger partial charge in [-0.05, 0) is 63.6 Å². The lowest BCUT2D eigenvalue weighted by Crippen LogP contribution is -2.47. The number of nitrogens with zero attached hydrogens (tertiary/aromatic N) is 4. The summed E-state index contributed by atoms with van der Waals surface area (Å²) in [5.41, 5.74) is 5.25. The third-order valence-corrected chi connectivity index (χ3v) is 5.91. The second kappa shape index (κ2) is 9.29. The van der Waals surface area contributed by atoms with Gasteiger partial charge in [0.05, 0.1) is 0 Å². The summed E-state index contributed by atoms with van der Waals surface area (Å²) in [5.74, 6) is 1.80. The molecule has 1 aliphatic heterocycles. The van der Waals surface area contributed by atoms with Gasteiger partial charge in [0.25, 0.3) is 0 Å². The molecule has 2 aromatic rings. The van der Waals surface area contributed by atoms with Crippen LogP contribution in [-0.4, -0.2) is 42.7 Å². The molecular weight excluding hydrogens is 358 g/mol. The molecule has 1 aromatic heterocycles. The van der Waals surface area contributed by atoms with Crippen LogP contribution >= 0.6 is 0 Å². The number of aryl methyl sites for hydroxylation is 2. The largest absolute Gasteiger partial charge is 0.370 e. The summed E-state index contributed by atoms with van der Waals surface area (Å²) < 4.78 is 0. The van der Waals surface area contributed by atoms with Crippen LogP contribution in [0.5, 0.6) is 0 Å². The van der Waals surface area contributed by atoms with Gasteiger partial charge in [0.15, 0.2) is 0 Å². The molecule has 0 bridgehead atoms. The highest BCUT2D eigenvalue weighted by Crippen LogP contribution is 2.22. The van der Waals surface area contributed by atoms with E-state index >= 15 is 0 Å². The van der Waals surface area contributed by atoms with E-state index in [9.17, 15) is 0 Å². The van der Waals surface area contributed by atoms with E-state index in [0.717, 1.165) is 56.6 Å². The van der Waals surface area contributed by atoms with Crippen LogP contribution in [0.3, 0.4) is 0 Å². The van der Waals surface area contributed by atoms with Crippen molar-refractivity contribution in [1.29, 1.82) is 0 Å². The van der Waals surface area contributed by atoms with Crippen LogP contribution in [0.15, 0.2) is 42.0 Å². The molecular formula is C24H33N5. The molecule has 0 saturated carbocycles. The van der Waals surface area contributed by atoms with Gasteiger partial charge in [-0.25, -0.2) is 4.98 Å². The monoisotopic (exact) mass is 391 g/mol. The normalized spacial score (nSPS) is 17.2. The van der Waals surface area contributed by atoms with Gasteiger partial charge >= 0.3 is 0 Å². The predicted molar refractivity (Wildman–Crippen MR) is 122 cm³/mol. The molecule has 0 spiro atoms. The second-order valence-electron chi connectivity index (χ2n) is 8.29. The molecule has 5 nitrogen and oxygen atoms in total. The highest BCUT2D eigenvalue weighted by Gasteiger charge is 2.20. The van der Waals surface area contributed by atoms with Crippen molar-refractivity contribution in [3.63, 3.8) is 0 Å². The van der Waals surface area contributed by atoms with Gasteiger partial charge in [-0.3, -0.25) is 0 Å². The summed E-state index contributed by atoms with van der Waals surface area (Å²) in [6, 6.07) is 10.8. The van der Waals surface area contributed by atoms with Crippen LogP contribution in [-0.2, 0) is 0 Å². The van der Waals surface area contributed by atoms with E-state index in [1.807, 2.05) is 0 Å². The predicted octanol–water partition coefficient (Wildman–Crippen LogP) is 4.72. The zero-order chi connectivity index (χ0) is 20.1. The van der Waals surface area contributed by atoms with Crippen molar-refractivity contribution in [2.45, 2.75) is 46.0 Å². The van der Waals surface area contributed by atoms with Crippen molar-refractivity contribution in [3.8, 4) is 0 Å². The number of aromatic nitrogens is 2. The van der Waals surface area contributed by atoms with Crippen LogP contribution < -0.4 is 15.1 Å². The molecule has 2 aliphatic rings. The molecule has 4 rings (SSSR count). The smallest absolute Gasteiger partial charge is 0.227 e. The fourth-order valence-corrected chi connectivity index (χ4v) is 4.26. The van der Waals surface area contributed by atoms with Crippen molar-refractivity contribution in [2.75, 3.05) is 47.8 Å². The lowest BCUT2D eigenvalue weighted by atomic mass is 9.97. The SMILES string of the molecule is Cc1cccc(N2CCN(c3nc(C)cc(NCCC4=CCCCC4)n3)CC2)c1. The van der Waals surface area contributed by atoms with Crippen molar-refractivity contribution in [1.82, 2.24) is 9.97 Å². The molecule has 1 aliphatic carbocycles. The molecule has 1 saturated heterocycles. The maximum Gasteiger partial charge on any atom is 0.227 e. The molecule has 29 heavy (non-hydrogen) atoms. The van der Waals surface area contributed by atoms with E-state index in [0.29, 0.717) is 0 Å². The quantitative estimate of drug-likeness (QED) is 0.722. The lowest BCUT2D eigenvalue weighted by Gasteiger charge is -2.36. The standard InChI is InChI=1S/C24H33N5/c1-19-7-6-10-22(17-19)28-13-15-29(16-14-28)24-26-20(2)18-23(27-24)25-12-11-21-8-4-3-5-9-21/h6-8,10,17-18H,3-5,9,11-16H2,1-2H3,(H,25,26,27). The Bertz CT molecular complexity index is 852. The van der Waals surface area contributed by atoms with E-state index in [1.54, 1.807) is 5.57 Å². The fourth-order valence-electron chi connectivity index (χ4n) is 4.26. The summed E-state index contributed by atoms with van der Waals surface area (Å²) in [6.07, 6.45) is 8.75. The molecule has 0 radical (unpaired) electrons. The first-order valence-corrected chi connectivity index (χ1v) is 11.0. The first-order chi connectivity index (χ1) is 14.2. The number of nitrogens with one attached hydrogen (secondary N) is 1. The number of piperazine rings is 1. The Morgan fingerprint density at radius 2 is 1.79 bits per heavy atom. The van der Waals surface area contributed by atoms with Gasteiger partial charge in [-0.1, -0.05) is 23.8 Å². The van der Waals surface area contributed by atoms with Gasteiger partial charge in [-0.2, -0.15) is 4.98 Å². The molecule has 5 heteroatoms. The summed E-state index contributed by atoms with van der Waals surface area (Å²) in [4.78, 5) is 14.3. The third-order valence-electron chi connectivity index (χ3n) is 5.91. The Morgan fingerprint density at radius 3 is 2.55 bits per heavy atom. The van der Waals surface area contributed by atoms with E-state index in [1.165, 1.54) is 36.9 Å². The first-order valence-electron chi connectivity index (χ1n) is 11.0. The maximum atomic E-state index is 4.82. The highest BCUT2D eigenvalue weighted by molar-refractivity contribution is 5.51. The number of rotatable bonds is 6. The average molecular weight is 392 g/mol. The number of benzene rings is 1. The Morgan fingerprint density at radius 1 is 0.966 bits per heavy atom. The van der Waals surface area contributed by atoms with Gasteiger partial charge in [0, 0.05) is 50.2 Å².